The molecule has 13 nitrogen and oxygen atoms in total. The number of aromatic nitrogens is 7. The molecule has 0 spiro atoms. The molecule has 4 aromatic rings. The molecular weight excluding hydrogens is 678 g/mol. The van der Waals surface area contributed by atoms with Crippen molar-refractivity contribution in [2.75, 3.05) is 6.54 Å². The highest BCUT2D eigenvalue weighted by Crippen LogP contribution is 2.36. The van der Waals surface area contributed by atoms with Crippen molar-refractivity contribution in [1.82, 2.24) is 44.3 Å². The van der Waals surface area contributed by atoms with E-state index in [4.69, 9.17) is 16.7 Å². The standard InChI is InChI=1S/C25H18ClF8N9O4/c26-13-5-3-12(4-6-13)18-39-42(9-16-36-11-43(38-16)19-14(24(29,30)31)2-1-7-35-19)21(45)40(18)8-15(25(32,33)34)37-20(44)17-23(27,28)10-41(17)22(46)47/h1-7,11,15,17H,8-10H2,(H,37,44)(H,46,47)/t15-,17+/m0/s1. The number of nitrogens with zero attached hydrogens (tertiary/aromatic N) is 8. The summed E-state index contributed by atoms with van der Waals surface area (Å²) in [7, 11) is 0. The van der Waals surface area contributed by atoms with E-state index in [-0.39, 0.29) is 21.3 Å². The summed E-state index contributed by atoms with van der Waals surface area (Å²) >= 11 is 5.89. The summed E-state index contributed by atoms with van der Waals surface area (Å²) in [6.45, 7) is -3.49. The first kappa shape index (κ1) is 33.3. The van der Waals surface area contributed by atoms with Gasteiger partial charge in [-0.25, -0.2) is 37.7 Å². The summed E-state index contributed by atoms with van der Waals surface area (Å²) in [4.78, 5) is 44.6. The SMILES string of the molecule is O=C(N[C@@H](Cn1c(-c2ccc(Cl)cc2)nn(Cc2ncn(-c3ncccc3C(F)(F)F)n2)c1=O)C(F)(F)F)[C@H]1N(C(=O)O)CC1(F)F. The Kier molecular flexibility index (Phi) is 8.45. The van der Waals surface area contributed by atoms with E-state index in [1.165, 1.54) is 29.6 Å². The summed E-state index contributed by atoms with van der Waals surface area (Å²) in [6, 6.07) is 1.27. The van der Waals surface area contributed by atoms with Crippen LogP contribution >= 0.6 is 11.6 Å². The lowest BCUT2D eigenvalue weighted by Crippen LogP contribution is -2.72. The molecule has 0 aliphatic carbocycles. The van der Waals surface area contributed by atoms with Crippen LogP contribution in [0.3, 0.4) is 0 Å². The number of hydrogen-bond acceptors (Lipinski definition) is 7. The van der Waals surface area contributed by atoms with Crippen LogP contribution in [0, 0.1) is 0 Å². The maximum atomic E-state index is 14.2. The molecule has 2 atom stereocenters. The van der Waals surface area contributed by atoms with Crippen LogP contribution in [-0.4, -0.2) is 86.8 Å². The third kappa shape index (κ3) is 6.74. The fourth-order valence-corrected chi connectivity index (χ4v) is 4.75. The van der Waals surface area contributed by atoms with Gasteiger partial charge in [0.2, 0.25) is 5.91 Å². The molecule has 1 saturated heterocycles. The number of hydrogen-bond donors (Lipinski definition) is 2. The zero-order valence-corrected chi connectivity index (χ0v) is 23.8. The maximum absolute atomic E-state index is 14.2. The molecule has 1 aliphatic heterocycles. The second-order valence-corrected chi connectivity index (χ2v) is 10.5. The Hall–Kier alpha value is -5.08. The number of benzene rings is 1. The van der Waals surface area contributed by atoms with E-state index < -0.39 is 84.9 Å². The van der Waals surface area contributed by atoms with Crippen LogP contribution in [0.4, 0.5) is 39.9 Å². The van der Waals surface area contributed by atoms with Gasteiger partial charge in [0.05, 0.1) is 13.1 Å². The number of amides is 2. The van der Waals surface area contributed by atoms with E-state index in [0.717, 1.165) is 24.7 Å². The minimum Gasteiger partial charge on any atom is -0.465 e. The minimum atomic E-state index is -5.35. The Morgan fingerprint density at radius 2 is 1.74 bits per heavy atom. The lowest BCUT2D eigenvalue weighted by atomic mass is 9.97. The van der Waals surface area contributed by atoms with Gasteiger partial charge in [-0.05, 0) is 36.4 Å². The highest BCUT2D eigenvalue weighted by atomic mass is 35.5. The number of carboxylic acid groups (broad SMARTS) is 1. The number of carbonyl (C=O) groups excluding carboxylic acids is 1. The van der Waals surface area contributed by atoms with E-state index in [2.05, 4.69) is 20.2 Å². The van der Waals surface area contributed by atoms with Crippen LogP contribution in [0.15, 0.2) is 53.7 Å². The Morgan fingerprint density at radius 1 is 1.06 bits per heavy atom. The average Bonchev–Trinajstić information content (AvgIpc) is 3.55. The van der Waals surface area contributed by atoms with Gasteiger partial charge in [0.25, 0.3) is 5.92 Å². The third-order valence-corrected chi connectivity index (χ3v) is 7.08. The molecular formula is C25H18ClF8N9O4. The topological polar surface area (TPSA) is 153 Å². The number of alkyl halides is 8. The largest absolute Gasteiger partial charge is 0.465 e. The van der Waals surface area contributed by atoms with Crippen LogP contribution in [0.5, 0.6) is 0 Å². The van der Waals surface area contributed by atoms with Crippen molar-refractivity contribution in [2.45, 2.75) is 43.4 Å². The molecule has 250 valence electrons. The molecule has 0 unspecified atom stereocenters. The molecule has 22 heteroatoms. The number of nitrogens with one attached hydrogen (secondary N) is 1. The number of rotatable bonds is 8. The number of likely N-dealkylation sites (tertiary alicyclic amines) is 1. The predicted octanol–water partition coefficient (Wildman–Crippen LogP) is 3.45. The number of carbonyl (C=O) groups is 2. The van der Waals surface area contributed by atoms with Crippen LogP contribution < -0.4 is 11.0 Å². The van der Waals surface area contributed by atoms with Gasteiger partial charge in [-0.3, -0.25) is 14.3 Å². The Labute approximate surface area is 261 Å². The predicted molar refractivity (Wildman–Crippen MR) is 142 cm³/mol. The molecule has 2 N–H and O–H groups in total. The first-order valence-corrected chi connectivity index (χ1v) is 13.4. The highest BCUT2D eigenvalue weighted by molar-refractivity contribution is 6.30. The van der Waals surface area contributed by atoms with Crippen molar-refractivity contribution in [3.05, 3.63) is 75.8 Å². The molecule has 1 fully saturated rings. The second-order valence-electron chi connectivity index (χ2n) is 10.0. The lowest BCUT2D eigenvalue weighted by molar-refractivity contribution is -0.190. The molecule has 4 heterocycles. The molecule has 0 radical (unpaired) electrons. The van der Waals surface area contributed by atoms with Crippen LogP contribution in [0.25, 0.3) is 17.2 Å². The van der Waals surface area contributed by atoms with Gasteiger partial charge in [0.1, 0.15) is 24.5 Å². The quantitative estimate of drug-likeness (QED) is 0.266. The van der Waals surface area contributed by atoms with Gasteiger partial charge in [-0.1, -0.05) is 11.6 Å². The molecule has 2 amide bonds. The first-order chi connectivity index (χ1) is 21.9. The minimum absolute atomic E-state index is 0.0408. The first-order valence-electron chi connectivity index (χ1n) is 13.0. The van der Waals surface area contributed by atoms with E-state index in [1.807, 2.05) is 0 Å². The van der Waals surface area contributed by atoms with E-state index >= 15 is 0 Å². The van der Waals surface area contributed by atoms with E-state index in [0.29, 0.717) is 13.9 Å². The van der Waals surface area contributed by atoms with Crippen LogP contribution in [-0.2, 0) is 24.1 Å². The monoisotopic (exact) mass is 695 g/mol. The maximum Gasteiger partial charge on any atom is 0.420 e. The molecule has 3 aromatic heterocycles. The van der Waals surface area contributed by atoms with Crippen molar-refractivity contribution >= 4 is 23.6 Å². The molecule has 0 bridgehead atoms. The van der Waals surface area contributed by atoms with Gasteiger partial charge in [0, 0.05) is 16.8 Å². The molecule has 47 heavy (non-hydrogen) atoms. The van der Waals surface area contributed by atoms with Crippen molar-refractivity contribution in [3.63, 3.8) is 0 Å². The van der Waals surface area contributed by atoms with Crippen molar-refractivity contribution in [2.24, 2.45) is 0 Å². The third-order valence-electron chi connectivity index (χ3n) is 6.83. The number of halogens is 9. The molecule has 1 aromatic carbocycles. The summed E-state index contributed by atoms with van der Waals surface area (Å²) < 4.78 is 113. The van der Waals surface area contributed by atoms with Crippen molar-refractivity contribution < 1.29 is 49.8 Å². The summed E-state index contributed by atoms with van der Waals surface area (Å²) in [6.07, 6.45) is -10.2. The Balaban J connectivity index is 1.49. The van der Waals surface area contributed by atoms with Gasteiger partial charge in [-0.15, -0.1) is 10.2 Å². The fraction of sp³-hybridized carbons (Fsp3) is 0.320. The van der Waals surface area contributed by atoms with Crippen LogP contribution in [0.2, 0.25) is 5.02 Å². The van der Waals surface area contributed by atoms with Gasteiger partial charge in [-0.2, -0.15) is 26.3 Å². The highest BCUT2D eigenvalue weighted by Gasteiger charge is 2.61. The van der Waals surface area contributed by atoms with Crippen molar-refractivity contribution in [3.8, 4) is 17.2 Å². The zero-order chi connectivity index (χ0) is 34.5. The fourth-order valence-electron chi connectivity index (χ4n) is 4.62. The molecule has 0 saturated carbocycles. The zero-order valence-electron chi connectivity index (χ0n) is 23.0. The summed E-state index contributed by atoms with van der Waals surface area (Å²) in [5, 5.41) is 18.5. The number of pyridine rings is 1. The second kappa shape index (κ2) is 11.9. The molecule has 5 rings (SSSR count). The normalized spacial score (nSPS) is 16.9. The lowest BCUT2D eigenvalue weighted by Gasteiger charge is -2.44. The Bertz CT molecular complexity index is 1870. The van der Waals surface area contributed by atoms with Crippen molar-refractivity contribution in [1.29, 1.82) is 0 Å². The van der Waals surface area contributed by atoms with Gasteiger partial charge >= 0.3 is 24.1 Å². The molecule has 1 aliphatic rings. The Morgan fingerprint density at radius 3 is 2.34 bits per heavy atom. The van der Waals surface area contributed by atoms with E-state index in [9.17, 15) is 49.5 Å². The summed E-state index contributed by atoms with van der Waals surface area (Å²) in [5.74, 6) is -7.29. The smallest absolute Gasteiger partial charge is 0.420 e. The average molecular weight is 696 g/mol. The van der Waals surface area contributed by atoms with Crippen LogP contribution in [0.1, 0.15) is 11.4 Å². The summed E-state index contributed by atoms with van der Waals surface area (Å²) in [5.41, 5.74) is -2.36. The van der Waals surface area contributed by atoms with E-state index in [1.54, 1.807) is 0 Å². The van der Waals surface area contributed by atoms with Gasteiger partial charge < -0.3 is 10.4 Å². The van der Waals surface area contributed by atoms with Gasteiger partial charge in [0.15, 0.2) is 23.5 Å².